The highest BCUT2D eigenvalue weighted by Gasteiger charge is 2.18. The van der Waals surface area contributed by atoms with Crippen molar-refractivity contribution in [3.63, 3.8) is 0 Å². The average Bonchev–Trinajstić information content (AvgIpc) is 2.61. The maximum atomic E-state index is 13.0. The zero-order chi connectivity index (χ0) is 13.3. The Bertz CT molecular complexity index is 540. The molecule has 18 heavy (non-hydrogen) atoms. The van der Waals surface area contributed by atoms with Gasteiger partial charge in [0.05, 0.1) is 0 Å². The first-order valence-electron chi connectivity index (χ1n) is 5.41. The number of rotatable bonds is 3. The summed E-state index contributed by atoms with van der Waals surface area (Å²) in [5, 5.41) is 3.68. The van der Waals surface area contributed by atoms with Gasteiger partial charge < -0.3 is 10.3 Å². The van der Waals surface area contributed by atoms with Gasteiger partial charge in [0.25, 0.3) is 0 Å². The summed E-state index contributed by atoms with van der Waals surface area (Å²) in [6.07, 6.45) is 0.387. The largest absolute Gasteiger partial charge is 0.339 e. The molecule has 0 aliphatic rings. The van der Waals surface area contributed by atoms with Crippen LogP contribution in [0.25, 0.3) is 11.4 Å². The molecule has 1 heterocycles. The first-order chi connectivity index (χ1) is 8.33. The molecule has 2 N–H and O–H groups in total. The van der Waals surface area contributed by atoms with E-state index in [0.29, 0.717) is 12.3 Å². The van der Waals surface area contributed by atoms with Gasteiger partial charge >= 0.3 is 0 Å². The standard InChI is InChI=1S/C12H13F2N3O/c1-12(2,15)6-10-16-11(17-18-10)7-3-8(13)5-9(14)4-7/h3-5H,6,15H2,1-2H3. The van der Waals surface area contributed by atoms with E-state index in [1.807, 2.05) is 13.8 Å². The normalized spacial score (nSPS) is 11.8. The number of nitrogens with two attached hydrogens (primary N) is 1. The third kappa shape index (κ3) is 3.10. The second kappa shape index (κ2) is 4.45. The van der Waals surface area contributed by atoms with E-state index >= 15 is 0 Å². The molecule has 0 aliphatic carbocycles. The molecule has 96 valence electrons. The Balaban J connectivity index is 2.29. The van der Waals surface area contributed by atoms with E-state index in [2.05, 4.69) is 10.1 Å². The van der Waals surface area contributed by atoms with Crippen molar-refractivity contribution >= 4 is 0 Å². The van der Waals surface area contributed by atoms with Crippen molar-refractivity contribution in [2.45, 2.75) is 25.8 Å². The summed E-state index contributed by atoms with van der Waals surface area (Å²) in [4.78, 5) is 4.06. The van der Waals surface area contributed by atoms with Crippen LogP contribution in [0.4, 0.5) is 8.78 Å². The lowest BCUT2D eigenvalue weighted by molar-refractivity contribution is 0.348. The van der Waals surface area contributed by atoms with E-state index in [1.54, 1.807) is 0 Å². The van der Waals surface area contributed by atoms with E-state index in [9.17, 15) is 8.78 Å². The molecule has 2 rings (SSSR count). The third-order valence-electron chi connectivity index (χ3n) is 2.20. The Morgan fingerprint density at radius 2 is 1.83 bits per heavy atom. The van der Waals surface area contributed by atoms with Gasteiger partial charge in [0.2, 0.25) is 11.7 Å². The maximum absolute atomic E-state index is 13.0. The highest BCUT2D eigenvalue weighted by atomic mass is 19.1. The predicted molar refractivity (Wildman–Crippen MR) is 61.6 cm³/mol. The fraction of sp³-hybridized carbons (Fsp3) is 0.333. The zero-order valence-electron chi connectivity index (χ0n) is 10.1. The Labute approximate surface area is 103 Å². The Morgan fingerprint density at radius 1 is 1.22 bits per heavy atom. The summed E-state index contributed by atoms with van der Waals surface area (Å²) in [6.45, 7) is 3.64. The molecule has 0 fully saturated rings. The molecule has 1 aromatic heterocycles. The summed E-state index contributed by atoms with van der Waals surface area (Å²) in [7, 11) is 0. The first-order valence-corrected chi connectivity index (χ1v) is 5.41. The number of benzene rings is 1. The number of hydrogen-bond donors (Lipinski definition) is 1. The van der Waals surface area contributed by atoms with Crippen molar-refractivity contribution in [2.75, 3.05) is 0 Å². The van der Waals surface area contributed by atoms with Crippen molar-refractivity contribution in [2.24, 2.45) is 5.73 Å². The van der Waals surface area contributed by atoms with Gasteiger partial charge in [-0.05, 0) is 26.0 Å². The molecule has 2 aromatic rings. The van der Waals surface area contributed by atoms with Crippen molar-refractivity contribution in [1.82, 2.24) is 10.1 Å². The molecule has 0 saturated carbocycles. The van der Waals surface area contributed by atoms with E-state index < -0.39 is 17.2 Å². The van der Waals surface area contributed by atoms with Gasteiger partial charge in [-0.25, -0.2) is 8.78 Å². The van der Waals surface area contributed by atoms with Crippen LogP contribution in [-0.4, -0.2) is 15.7 Å². The van der Waals surface area contributed by atoms with Gasteiger partial charge in [0.15, 0.2) is 0 Å². The fourth-order valence-electron chi connectivity index (χ4n) is 1.52. The lowest BCUT2D eigenvalue weighted by atomic mass is 10.0. The summed E-state index contributed by atoms with van der Waals surface area (Å²) in [6, 6.07) is 3.07. The molecule has 0 saturated heterocycles. The average molecular weight is 253 g/mol. The number of hydrogen-bond acceptors (Lipinski definition) is 4. The minimum Gasteiger partial charge on any atom is -0.339 e. The highest BCUT2D eigenvalue weighted by Crippen LogP contribution is 2.19. The molecule has 0 spiro atoms. The van der Waals surface area contributed by atoms with Gasteiger partial charge in [-0.15, -0.1) is 0 Å². The molecular formula is C12H13F2N3O. The Kier molecular flexibility index (Phi) is 3.13. The minimum absolute atomic E-state index is 0.146. The maximum Gasteiger partial charge on any atom is 0.228 e. The summed E-state index contributed by atoms with van der Waals surface area (Å²) in [5.41, 5.74) is 5.56. The third-order valence-corrected chi connectivity index (χ3v) is 2.20. The minimum atomic E-state index is -0.685. The van der Waals surface area contributed by atoms with Crippen LogP contribution in [0.2, 0.25) is 0 Å². The molecule has 0 amide bonds. The van der Waals surface area contributed by atoms with E-state index in [-0.39, 0.29) is 11.4 Å². The van der Waals surface area contributed by atoms with Crippen LogP contribution >= 0.6 is 0 Å². The first kappa shape index (κ1) is 12.6. The van der Waals surface area contributed by atoms with Crippen LogP contribution in [0.15, 0.2) is 22.7 Å². The number of aromatic nitrogens is 2. The molecule has 0 radical (unpaired) electrons. The zero-order valence-corrected chi connectivity index (χ0v) is 10.1. The molecule has 4 nitrogen and oxygen atoms in total. The van der Waals surface area contributed by atoms with Crippen molar-refractivity contribution in [3.8, 4) is 11.4 Å². The topological polar surface area (TPSA) is 64.9 Å². The molecule has 6 heteroatoms. The fourth-order valence-corrected chi connectivity index (χ4v) is 1.52. The van der Waals surface area contributed by atoms with Crippen molar-refractivity contribution in [3.05, 3.63) is 35.7 Å². The second-order valence-electron chi connectivity index (χ2n) is 4.84. The van der Waals surface area contributed by atoms with E-state index in [1.165, 1.54) is 0 Å². The summed E-state index contributed by atoms with van der Waals surface area (Å²) in [5.74, 6) is -0.888. The number of halogens is 2. The molecule has 0 unspecified atom stereocenters. The van der Waals surface area contributed by atoms with Crippen LogP contribution in [0.1, 0.15) is 19.7 Å². The molecule has 0 bridgehead atoms. The molecular weight excluding hydrogens is 240 g/mol. The lowest BCUT2D eigenvalue weighted by Crippen LogP contribution is -2.34. The molecule has 0 atom stereocenters. The highest BCUT2D eigenvalue weighted by molar-refractivity contribution is 5.54. The van der Waals surface area contributed by atoms with Gasteiger partial charge in [-0.1, -0.05) is 5.16 Å². The quantitative estimate of drug-likeness (QED) is 0.911. The van der Waals surface area contributed by atoms with Gasteiger partial charge in [0.1, 0.15) is 11.6 Å². The Morgan fingerprint density at radius 3 is 2.39 bits per heavy atom. The Hall–Kier alpha value is -1.82. The van der Waals surface area contributed by atoms with Gasteiger partial charge in [-0.3, -0.25) is 0 Å². The predicted octanol–water partition coefficient (Wildman–Crippen LogP) is 2.29. The van der Waals surface area contributed by atoms with Gasteiger partial charge in [0, 0.05) is 23.6 Å². The van der Waals surface area contributed by atoms with Crippen molar-refractivity contribution in [1.29, 1.82) is 0 Å². The van der Waals surface area contributed by atoms with E-state index in [4.69, 9.17) is 10.3 Å². The summed E-state index contributed by atoms with van der Waals surface area (Å²) < 4.78 is 31.1. The molecule has 1 aromatic carbocycles. The smallest absolute Gasteiger partial charge is 0.228 e. The lowest BCUT2D eigenvalue weighted by Gasteiger charge is -2.14. The van der Waals surface area contributed by atoms with Gasteiger partial charge in [-0.2, -0.15) is 4.98 Å². The van der Waals surface area contributed by atoms with Crippen LogP contribution in [0.5, 0.6) is 0 Å². The SMILES string of the molecule is CC(C)(N)Cc1nc(-c2cc(F)cc(F)c2)no1. The van der Waals surface area contributed by atoms with Crippen LogP contribution < -0.4 is 5.73 Å². The summed E-state index contributed by atoms with van der Waals surface area (Å²) >= 11 is 0. The monoisotopic (exact) mass is 253 g/mol. The van der Waals surface area contributed by atoms with Crippen LogP contribution in [0.3, 0.4) is 0 Å². The van der Waals surface area contributed by atoms with Crippen LogP contribution in [0, 0.1) is 11.6 Å². The molecule has 0 aliphatic heterocycles. The number of nitrogens with zero attached hydrogens (tertiary/aromatic N) is 2. The second-order valence-corrected chi connectivity index (χ2v) is 4.84. The van der Waals surface area contributed by atoms with E-state index in [0.717, 1.165) is 18.2 Å². The van der Waals surface area contributed by atoms with Crippen LogP contribution in [-0.2, 0) is 6.42 Å². The van der Waals surface area contributed by atoms with Crippen molar-refractivity contribution < 1.29 is 13.3 Å².